The zero-order chi connectivity index (χ0) is 15.0. The van der Waals surface area contributed by atoms with Crippen molar-refractivity contribution in [3.05, 3.63) is 58.9 Å². The van der Waals surface area contributed by atoms with Gasteiger partial charge < -0.3 is 5.73 Å². The van der Waals surface area contributed by atoms with Gasteiger partial charge in [0.2, 0.25) is 0 Å². The fourth-order valence-corrected chi connectivity index (χ4v) is 2.51. The molecule has 0 fully saturated rings. The predicted molar refractivity (Wildman–Crippen MR) is 83.6 cm³/mol. The summed E-state index contributed by atoms with van der Waals surface area (Å²) in [5, 5.41) is 7.42. The average molecular weight is 302 g/mol. The van der Waals surface area contributed by atoms with Crippen molar-refractivity contribution < 1.29 is 4.39 Å². The van der Waals surface area contributed by atoms with E-state index in [9.17, 15) is 4.39 Å². The van der Waals surface area contributed by atoms with Crippen molar-refractivity contribution in [2.45, 2.75) is 6.92 Å². The van der Waals surface area contributed by atoms with Crippen LogP contribution < -0.4 is 5.73 Å². The van der Waals surface area contributed by atoms with Crippen LogP contribution in [0.4, 0.5) is 10.2 Å². The van der Waals surface area contributed by atoms with Gasteiger partial charge in [0.15, 0.2) is 5.82 Å². The Labute approximate surface area is 126 Å². The normalized spacial score (nSPS) is 10.8. The highest BCUT2D eigenvalue weighted by Crippen LogP contribution is 2.36. The van der Waals surface area contributed by atoms with Crippen molar-refractivity contribution >= 4 is 17.4 Å². The number of benzene rings is 2. The first-order valence-corrected chi connectivity index (χ1v) is 6.80. The second-order valence-corrected chi connectivity index (χ2v) is 5.29. The molecule has 106 valence electrons. The number of hydrogen-bond acceptors (Lipinski definition) is 2. The summed E-state index contributed by atoms with van der Waals surface area (Å²) < 4.78 is 14.1. The van der Waals surface area contributed by atoms with Crippen LogP contribution >= 0.6 is 11.6 Å². The van der Waals surface area contributed by atoms with E-state index in [0.29, 0.717) is 27.7 Å². The lowest BCUT2D eigenvalue weighted by atomic mass is 9.99. The number of rotatable bonds is 2. The van der Waals surface area contributed by atoms with Gasteiger partial charge in [0.05, 0.1) is 11.3 Å². The summed E-state index contributed by atoms with van der Waals surface area (Å²) in [7, 11) is 0. The third kappa shape index (κ3) is 2.50. The van der Waals surface area contributed by atoms with E-state index < -0.39 is 0 Å². The van der Waals surface area contributed by atoms with Crippen molar-refractivity contribution in [2.75, 3.05) is 5.73 Å². The monoisotopic (exact) mass is 301 g/mol. The molecular formula is C16H13ClFN3. The fourth-order valence-electron chi connectivity index (χ4n) is 2.32. The smallest absolute Gasteiger partial charge is 0.153 e. The molecule has 0 bridgehead atoms. The number of aromatic amines is 1. The molecule has 0 spiro atoms. The number of nitrogens with two attached hydrogens (primary N) is 1. The Morgan fingerprint density at radius 3 is 2.76 bits per heavy atom. The van der Waals surface area contributed by atoms with E-state index in [0.717, 1.165) is 11.1 Å². The number of anilines is 1. The topological polar surface area (TPSA) is 54.7 Å². The summed E-state index contributed by atoms with van der Waals surface area (Å²) in [6.07, 6.45) is 0. The van der Waals surface area contributed by atoms with Gasteiger partial charge >= 0.3 is 0 Å². The maximum atomic E-state index is 14.1. The van der Waals surface area contributed by atoms with Gasteiger partial charge in [0.1, 0.15) is 5.82 Å². The number of hydrogen-bond donors (Lipinski definition) is 2. The van der Waals surface area contributed by atoms with E-state index in [2.05, 4.69) is 10.2 Å². The lowest BCUT2D eigenvalue weighted by molar-refractivity contribution is 0.630. The Morgan fingerprint density at radius 1 is 1.19 bits per heavy atom. The second kappa shape index (κ2) is 5.22. The number of halogens is 2. The van der Waals surface area contributed by atoms with E-state index in [1.165, 1.54) is 6.07 Å². The molecule has 1 aromatic heterocycles. The van der Waals surface area contributed by atoms with Crippen LogP contribution in [0.5, 0.6) is 0 Å². The van der Waals surface area contributed by atoms with E-state index >= 15 is 0 Å². The molecule has 0 saturated heterocycles. The van der Waals surface area contributed by atoms with Gasteiger partial charge in [0.25, 0.3) is 0 Å². The molecule has 21 heavy (non-hydrogen) atoms. The highest BCUT2D eigenvalue weighted by molar-refractivity contribution is 6.30. The minimum absolute atomic E-state index is 0.313. The molecule has 5 heteroatoms. The molecule has 0 atom stereocenters. The van der Waals surface area contributed by atoms with Crippen LogP contribution in [-0.2, 0) is 0 Å². The van der Waals surface area contributed by atoms with Crippen LogP contribution in [0.1, 0.15) is 5.56 Å². The van der Waals surface area contributed by atoms with Crippen LogP contribution in [0.15, 0.2) is 42.5 Å². The van der Waals surface area contributed by atoms with Gasteiger partial charge in [-0.05, 0) is 36.8 Å². The third-order valence-electron chi connectivity index (χ3n) is 3.30. The molecule has 3 nitrogen and oxygen atoms in total. The molecule has 1 heterocycles. The lowest BCUT2D eigenvalue weighted by Gasteiger charge is -2.07. The molecule has 0 aliphatic heterocycles. The summed E-state index contributed by atoms with van der Waals surface area (Å²) in [5.41, 5.74) is 9.34. The highest BCUT2D eigenvalue weighted by Gasteiger charge is 2.17. The molecule has 0 amide bonds. The van der Waals surface area contributed by atoms with Gasteiger partial charge in [-0.1, -0.05) is 35.4 Å². The summed E-state index contributed by atoms with van der Waals surface area (Å²) in [6, 6.07) is 12.1. The predicted octanol–water partition coefficient (Wildman–Crippen LogP) is 4.43. The minimum Gasteiger partial charge on any atom is -0.382 e. The van der Waals surface area contributed by atoms with Gasteiger partial charge in [0, 0.05) is 10.6 Å². The number of aryl methyl sites for hydroxylation is 1. The maximum absolute atomic E-state index is 14.1. The zero-order valence-corrected chi connectivity index (χ0v) is 12.1. The lowest BCUT2D eigenvalue weighted by Crippen LogP contribution is -1.91. The summed E-state index contributed by atoms with van der Waals surface area (Å²) in [6.45, 7) is 1.90. The van der Waals surface area contributed by atoms with E-state index in [4.69, 9.17) is 17.3 Å². The highest BCUT2D eigenvalue weighted by atomic mass is 35.5. The van der Waals surface area contributed by atoms with Crippen LogP contribution in [0.25, 0.3) is 22.4 Å². The number of aromatic nitrogens is 2. The van der Waals surface area contributed by atoms with Crippen molar-refractivity contribution in [3.8, 4) is 22.4 Å². The van der Waals surface area contributed by atoms with Crippen molar-refractivity contribution in [1.29, 1.82) is 0 Å². The average Bonchev–Trinajstić information content (AvgIpc) is 2.83. The molecule has 0 unspecified atom stereocenters. The Hall–Kier alpha value is -2.33. The fraction of sp³-hybridized carbons (Fsp3) is 0.0625. The Balaban J connectivity index is 2.24. The number of nitrogens with zero attached hydrogens (tertiary/aromatic N) is 1. The molecule has 0 radical (unpaired) electrons. The first-order valence-electron chi connectivity index (χ1n) is 6.42. The first-order chi connectivity index (χ1) is 10.1. The number of nitrogens with one attached hydrogen (secondary N) is 1. The molecule has 0 aliphatic rings. The molecular weight excluding hydrogens is 289 g/mol. The zero-order valence-electron chi connectivity index (χ0n) is 11.3. The molecule has 0 saturated carbocycles. The van der Waals surface area contributed by atoms with Crippen LogP contribution in [0, 0.1) is 12.7 Å². The van der Waals surface area contributed by atoms with Crippen LogP contribution in [0.2, 0.25) is 5.02 Å². The second-order valence-electron chi connectivity index (χ2n) is 4.85. The number of nitrogen functional groups attached to an aromatic ring is 1. The molecule has 3 rings (SSSR count). The van der Waals surface area contributed by atoms with Crippen molar-refractivity contribution in [3.63, 3.8) is 0 Å². The van der Waals surface area contributed by atoms with Gasteiger partial charge in [-0.25, -0.2) is 4.39 Å². The van der Waals surface area contributed by atoms with Gasteiger partial charge in [-0.15, -0.1) is 0 Å². The van der Waals surface area contributed by atoms with E-state index in [1.807, 2.05) is 19.1 Å². The van der Waals surface area contributed by atoms with E-state index in [-0.39, 0.29) is 5.82 Å². The molecule has 3 aromatic rings. The number of H-pyrrole nitrogens is 1. The van der Waals surface area contributed by atoms with Crippen LogP contribution in [0.3, 0.4) is 0 Å². The Morgan fingerprint density at radius 2 is 2.00 bits per heavy atom. The molecule has 2 aromatic carbocycles. The van der Waals surface area contributed by atoms with E-state index in [1.54, 1.807) is 24.3 Å². The summed E-state index contributed by atoms with van der Waals surface area (Å²) in [5.74, 6) is -0.0132. The molecule has 3 N–H and O–H groups in total. The SMILES string of the molecule is Cc1ccc(F)c(-c2[nH]nc(N)c2-c2cccc(Cl)c2)c1. The van der Waals surface area contributed by atoms with Crippen molar-refractivity contribution in [2.24, 2.45) is 0 Å². The Kier molecular flexibility index (Phi) is 3.39. The van der Waals surface area contributed by atoms with Crippen LogP contribution in [-0.4, -0.2) is 10.2 Å². The van der Waals surface area contributed by atoms with Gasteiger partial charge in [-0.3, -0.25) is 5.10 Å². The summed E-state index contributed by atoms with van der Waals surface area (Å²) in [4.78, 5) is 0. The van der Waals surface area contributed by atoms with Crippen molar-refractivity contribution in [1.82, 2.24) is 10.2 Å². The maximum Gasteiger partial charge on any atom is 0.153 e. The standard InChI is InChI=1S/C16H13ClFN3/c1-9-5-6-13(18)12(7-9)15-14(16(19)21-20-15)10-3-2-4-11(17)8-10/h2-8H,1H3,(H3,19,20,21). The largest absolute Gasteiger partial charge is 0.382 e. The minimum atomic E-state index is -0.326. The third-order valence-corrected chi connectivity index (χ3v) is 3.53. The summed E-state index contributed by atoms with van der Waals surface area (Å²) >= 11 is 6.02. The molecule has 0 aliphatic carbocycles. The Bertz CT molecular complexity index is 811. The first kappa shape index (κ1) is 13.6. The quantitative estimate of drug-likeness (QED) is 0.736. The van der Waals surface area contributed by atoms with Gasteiger partial charge in [-0.2, -0.15) is 5.10 Å².